The fourth-order valence-electron chi connectivity index (χ4n) is 3.55. The second-order valence-corrected chi connectivity index (χ2v) is 8.94. The molecule has 0 saturated heterocycles. The number of nitrogens with zero attached hydrogens (tertiary/aromatic N) is 5. The number of nitrogens with one attached hydrogen (secondary N) is 2. The van der Waals surface area contributed by atoms with E-state index in [0.29, 0.717) is 33.8 Å². The first kappa shape index (κ1) is 26.2. The number of amides is 1. The minimum Gasteiger partial charge on any atom is -0.465 e. The maximum absolute atomic E-state index is 14.3. The highest BCUT2D eigenvalue weighted by atomic mass is 19.1. The number of nitriles is 1. The van der Waals surface area contributed by atoms with Gasteiger partial charge in [0.05, 0.1) is 76.6 Å². The average molecular weight is 518 g/mol. The molecule has 4 rings (SSSR count). The van der Waals surface area contributed by atoms with Crippen LogP contribution in [0.5, 0.6) is 0 Å². The zero-order valence-corrected chi connectivity index (χ0v) is 20.8. The zero-order valence-electron chi connectivity index (χ0n) is 20.8. The number of anilines is 2. The highest BCUT2D eigenvalue weighted by Gasteiger charge is 2.27. The summed E-state index contributed by atoms with van der Waals surface area (Å²) in [6.07, 6.45) is 3.85. The largest absolute Gasteiger partial charge is 0.465 e. The second-order valence-electron chi connectivity index (χ2n) is 8.94. The van der Waals surface area contributed by atoms with Gasteiger partial charge in [-0.05, 0) is 44.2 Å². The number of halogens is 1. The number of methoxy groups -OCH3 is 1. The molecule has 0 unspecified atom stereocenters. The Morgan fingerprint density at radius 3 is 2.71 bits per heavy atom. The molecule has 0 saturated carbocycles. The van der Waals surface area contributed by atoms with Crippen molar-refractivity contribution in [3.63, 3.8) is 0 Å². The van der Waals surface area contributed by atoms with Gasteiger partial charge in [0.25, 0.3) is 5.91 Å². The molecule has 4 aromatic rings. The number of aliphatic hydroxyl groups is 1. The summed E-state index contributed by atoms with van der Waals surface area (Å²) in [7, 11) is 1.25. The Balaban J connectivity index is 1.73. The van der Waals surface area contributed by atoms with Gasteiger partial charge in [-0.15, -0.1) is 0 Å². The summed E-state index contributed by atoms with van der Waals surface area (Å²) in [4.78, 5) is 33.4. The minimum atomic E-state index is -1.70. The molecule has 1 amide bonds. The number of pyridine rings is 2. The maximum atomic E-state index is 14.3. The average Bonchev–Trinajstić information content (AvgIpc) is 3.33. The Morgan fingerprint density at radius 1 is 1.21 bits per heavy atom. The normalized spacial score (nSPS) is 12.0. The lowest BCUT2D eigenvalue weighted by atomic mass is 10.0. The number of alkyl halides is 1. The van der Waals surface area contributed by atoms with Crippen molar-refractivity contribution in [2.24, 2.45) is 0 Å². The molecule has 194 valence electrons. The van der Waals surface area contributed by atoms with Gasteiger partial charge in [0.15, 0.2) is 0 Å². The number of ether oxygens (including phenoxy) is 1. The highest BCUT2D eigenvalue weighted by Crippen LogP contribution is 2.28. The number of hydrogen-bond donors (Lipinski definition) is 3. The molecule has 1 atom stereocenters. The van der Waals surface area contributed by atoms with E-state index in [9.17, 15) is 19.1 Å². The number of hydrogen-bond acceptors (Lipinski definition) is 9. The molecule has 4 heterocycles. The lowest BCUT2D eigenvalue weighted by molar-refractivity contribution is -0.00178. The lowest BCUT2D eigenvalue weighted by Gasteiger charge is -2.22. The van der Waals surface area contributed by atoms with Crippen LogP contribution in [0.25, 0.3) is 16.9 Å². The van der Waals surface area contributed by atoms with Crippen molar-refractivity contribution in [2.75, 3.05) is 19.0 Å². The lowest BCUT2D eigenvalue weighted by Crippen LogP contribution is -2.42. The Labute approximate surface area is 216 Å². The monoisotopic (exact) mass is 517 g/mol. The molecular weight excluding hydrogens is 493 g/mol. The summed E-state index contributed by atoms with van der Waals surface area (Å²) in [5.74, 6) is -1.22. The van der Waals surface area contributed by atoms with Gasteiger partial charge in [0.1, 0.15) is 12.2 Å². The van der Waals surface area contributed by atoms with Crippen LogP contribution in [-0.2, 0) is 4.74 Å². The maximum Gasteiger partial charge on any atom is 0.339 e. The van der Waals surface area contributed by atoms with Gasteiger partial charge in [-0.1, -0.05) is 0 Å². The van der Waals surface area contributed by atoms with Gasteiger partial charge in [0, 0.05) is 12.4 Å². The topological polar surface area (TPSA) is 155 Å². The molecule has 0 bridgehead atoms. The fourth-order valence-corrected chi connectivity index (χ4v) is 3.55. The van der Waals surface area contributed by atoms with Crippen LogP contribution in [0.15, 0.2) is 55.1 Å². The summed E-state index contributed by atoms with van der Waals surface area (Å²) >= 11 is 0. The summed E-state index contributed by atoms with van der Waals surface area (Å²) in [6.45, 7) is 2.20. The zero-order chi connectivity index (χ0) is 27.4. The Bertz CT molecular complexity index is 1560. The first-order chi connectivity index (χ1) is 18.1. The van der Waals surface area contributed by atoms with E-state index in [1.54, 1.807) is 28.8 Å². The minimum absolute atomic E-state index is 0.0840. The standard InChI is InChI=1S/C26H24FN7O4/c1-26(2,37)23(27)14-31-24(35)19-13-30-21(22-5-4-18-6-15(9-28)10-32-34(18)22)8-20(19)33-17-7-16(11-29-12-17)25(36)38-3/h4-8,10-13,23,37H,14H2,1-3H3,(H,30,33)(H,31,35)/t23-/m1/s1. The Kier molecular flexibility index (Phi) is 7.31. The van der Waals surface area contributed by atoms with E-state index >= 15 is 0 Å². The van der Waals surface area contributed by atoms with Crippen LogP contribution >= 0.6 is 0 Å². The molecule has 0 aromatic carbocycles. The summed E-state index contributed by atoms with van der Waals surface area (Å²) in [5.41, 5.74) is 1.43. The van der Waals surface area contributed by atoms with Crippen molar-refractivity contribution in [1.29, 1.82) is 5.26 Å². The Morgan fingerprint density at radius 2 is 2.00 bits per heavy atom. The van der Waals surface area contributed by atoms with Crippen molar-refractivity contribution in [1.82, 2.24) is 24.9 Å². The van der Waals surface area contributed by atoms with E-state index in [1.807, 2.05) is 6.07 Å². The van der Waals surface area contributed by atoms with Crippen molar-refractivity contribution in [2.45, 2.75) is 25.6 Å². The second kappa shape index (κ2) is 10.6. The van der Waals surface area contributed by atoms with Gasteiger partial charge in [-0.2, -0.15) is 10.4 Å². The third-order valence-electron chi connectivity index (χ3n) is 5.69. The molecule has 3 N–H and O–H groups in total. The summed E-state index contributed by atoms with van der Waals surface area (Å²) in [6, 6.07) is 10.4. The van der Waals surface area contributed by atoms with E-state index in [0.717, 1.165) is 0 Å². The fraction of sp³-hybridized carbons (Fsp3) is 0.231. The number of esters is 1. The van der Waals surface area contributed by atoms with Crippen molar-refractivity contribution < 1.29 is 23.8 Å². The Hall–Kier alpha value is -4.89. The molecule has 38 heavy (non-hydrogen) atoms. The number of rotatable bonds is 8. The van der Waals surface area contributed by atoms with Gasteiger partial charge in [0.2, 0.25) is 0 Å². The van der Waals surface area contributed by atoms with Crippen LogP contribution in [-0.4, -0.2) is 62.0 Å². The molecule has 0 radical (unpaired) electrons. The van der Waals surface area contributed by atoms with E-state index < -0.39 is 30.2 Å². The van der Waals surface area contributed by atoms with Crippen molar-refractivity contribution in [3.8, 4) is 17.5 Å². The molecule has 11 nitrogen and oxygen atoms in total. The third kappa shape index (κ3) is 5.58. The predicted molar refractivity (Wildman–Crippen MR) is 136 cm³/mol. The summed E-state index contributed by atoms with van der Waals surface area (Å²) < 4.78 is 20.6. The number of carbonyl (C=O) groups excluding carboxylic acids is 2. The van der Waals surface area contributed by atoms with E-state index in [-0.39, 0.29) is 11.1 Å². The van der Waals surface area contributed by atoms with E-state index in [4.69, 9.17) is 10.00 Å². The molecular formula is C26H24FN7O4. The molecule has 0 spiro atoms. The van der Waals surface area contributed by atoms with Gasteiger partial charge < -0.3 is 20.5 Å². The molecule has 0 aliphatic carbocycles. The predicted octanol–water partition coefficient (Wildman–Crippen LogP) is 3.03. The summed E-state index contributed by atoms with van der Waals surface area (Å²) in [5, 5.41) is 28.8. The van der Waals surface area contributed by atoms with Crippen LogP contribution in [0, 0.1) is 11.3 Å². The number of aromatic nitrogens is 4. The van der Waals surface area contributed by atoms with Crippen molar-refractivity contribution in [3.05, 3.63) is 71.8 Å². The molecule has 0 aliphatic heterocycles. The smallest absolute Gasteiger partial charge is 0.339 e. The van der Waals surface area contributed by atoms with Gasteiger partial charge in [-0.3, -0.25) is 14.8 Å². The quantitative estimate of drug-likeness (QED) is 0.299. The molecule has 0 aliphatic rings. The number of fused-ring (bicyclic) bond motifs is 1. The van der Waals surface area contributed by atoms with E-state index in [1.165, 1.54) is 51.8 Å². The van der Waals surface area contributed by atoms with Crippen LogP contribution in [0.3, 0.4) is 0 Å². The van der Waals surface area contributed by atoms with Gasteiger partial charge in [-0.25, -0.2) is 13.7 Å². The van der Waals surface area contributed by atoms with E-state index in [2.05, 4.69) is 25.7 Å². The van der Waals surface area contributed by atoms with Crippen LogP contribution in [0.4, 0.5) is 15.8 Å². The molecule has 12 heteroatoms. The number of carbonyl (C=O) groups is 2. The SMILES string of the molecule is COC(=O)c1cncc(Nc2cc(-c3ccc4cc(C#N)cnn34)ncc2C(=O)NC[C@@H](F)C(C)(C)O)c1. The first-order valence-electron chi connectivity index (χ1n) is 11.4. The van der Waals surface area contributed by atoms with Gasteiger partial charge >= 0.3 is 5.97 Å². The molecule has 0 fully saturated rings. The third-order valence-corrected chi connectivity index (χ3v) is 5.69. The van der Waals surface area contributed by atoms with Crippen LogP contribution < -0.4 is 10.6 Å². The highest BCUT2D eigenvalue weighted by molar-refractivity contribution is 6.01. The van der Waals surface area contributed by atoms with Crippen molar-refractivity contribution >= 4 is 28.8 Å². The molecule has 4 aromatic heterocycles. The van der Waals surface area contributed by atoms with Crippen LogP contribution in [0.1, 0.15) is 40.1 Å². The van der Waals surface area contributed by atoms with Crippen LogP contribution in [0.2, 0.25) is 0 Å². The first-order valence-corrected chi connectivity index (χ1v) is 11.4.